The summed E-state index contributed by atoms with van der Waals surface area (Å²) in [5.41, 5.74) is 1.43. The molecule has 0 atom stereocenters. The van der Waals surface area contributed by atoms with Crippen molar-refractivity contribution in [3.05, 3.63) is 23.2 Å². The van der Waals surface area contributed by atoms with Crippen LogP contribution in [-0.2, 0) is 12.8 Å². The lowest BCUT2D eigenvalue weighted by atomic mass is 10.0. The molecule has 0 saturated carbocycles. The molecular weight excluding hydrogens is 208 g/mol. The fourth-order valence-corrected chi connectivity index (χ4v) is 2.26. The van der Waals surface area contributed by atoms with Crippen molar-refractivity contribution in [2.45, 2.75) is 72.6 Å². The lowest BCUT2D eigenvalue weighted by Crippen LogP contribution is -1.91. The van der Waals surface area contributed by atoms with Gasteiger partial charge in [-0.15, -0.1) is 0 Å². The van der Waals surface area contributed by atoms with Gasteiger partial charge in [0.2, 0.25) is 0 Å². The van der Waals surface area contributed by atoms with Gasteiger partial charge < -0.3 is 4.42 Å². The first kappa shape index (κ1) is 14.3. The summed E-state index contributed by atoms with van der Waals surface area (Å²) in [5.74, 6) is 2.98. The van der Waals surface area contributed by atoms with Gasteiger partial charge >= 0.3 is 0 Å². The maximum absolute atomic E-state index is 5.80. The Hall–Kier alpha value is -0.720. The van der Waals surface area contributed by atoms with E-state index in [0.717, 1.165) is 12.2 Å². The summed E-state index contributed by atoms with van der Waals surface area (Å²) >= 11 is 0. The standard InChI is InChI=1S/C16H28O/c1-5-6-7-8-9-10-15-12-16(11-13(2)3)17-14(15)4/h12-13H,5-11H2,1-4H3. The molecule has 1 rings (SSSR count). The van der Waals surface area contributed by atoms with Crippen LogP contribution in [-0.4, -0.2) is 0 Å². The van der Waals surface area contributed by atoms with Crippen LogP contribution in [0.15, 0.2) is 10.5 Å². The Bertz CT molecular complexity index is 309. The number of hydrogen-bond donors (Lipinski definition) is 0. The molecule has 0 aromatic carbocycles. The number of hydrogen-bond acceptors (Lipinski definition) is 1. The SMILES string of the molecule is CCCCCCCc1cc(CC(C)C)oc1C. The fraction of sp³-hybridized carbons (Fsp3) is 0.750. The Morgan fingerprint density at radius 1 is 1.12 bits per heavy atom. The molecule has 0 unspecified atom stereocenters. The predicted octanol–water partition coefficient (Wildman–Crippen LogP) is 5.30. The number of furan rings is 1. The van der Waals surface area contributed by atoms with Crippen molar-refractivity contribution in [2.24, 2.45) is 5.92 Å². The molecule has 0 bridgehead atoms. The fourth-order valence-electron chi connectivity index (χ4n) is 2.26. The zero-order valence-corrected chi connectivity index (χ0v) is 12.0. The molecule has 1 nitrogen and oxygen atoms in total. The van der Waals surface area contributed by atoms with E-state index in [0.29, 0.717) is 5.92 Å². The summed E-state index contributed by atoms with van der Waals surface area (Å²) in [4.78, 5) is 0. The summed E-state index contributed by atoms with van der Waals surface area (Å²) in [6.07, 6.45) is 9.01. The topological polar surface area (TPSA) is 13.1 Å². The van der Waals surface area contributed by atoms with Crippen LogP contribution < -0.4 is 0 Å². The van der Waals surface area contributed by atoms with Gasteiger partial charge in [0.1, 0.15) is 11.5 Å². The van der Waals surface area contributed by atoms with E-state index in [-0.39, 0.29) is 0 Å². The van der Waals surface area contributed by atoms with Crippen LogP contribution in [0.1, 0.15) is 70.0 Å². The van der Waals surface area contributed by atoms with Gasteiger partial charge in [-0.1, -0.05) is 46.5 Å². The molecule has 0 aliphatic heterocycles. The summed E-state index contributed by atoms with van der Waals surface area (Å²) in [7, 11) is 0. The Kier molecular flexibility index (Phi) is 6.39. The summed E-state index contributed by atoms with van der Waals surface area (Å²) in [6.45, 7) is 8.84. The maximum atomic E-state index is 5.80. The lowest BCUT2D eigenvalue weighted by molar-refractivity contribution is 0.451. The predicted molar refractivity (Wildman–Crippen MR) is 74.5 cm³/mol. The quantitative estimate of drug-likeness (QED) is 0.558. The van der Waals surface area contributed by atoms with Crippen LogP contribution in [0.4, 0.5) is 0 Å². The van der Waals surface area contributed by atoms with Crippen molar-refractivity contribution in [1.82, 2.24) is 0 Å². The van der Waals surface area contributed by atoms with Crippen LogP contribution >= 0.6 is 0 Å². The molecule has 0 aliphatic rings. The molecule has 1 heteroatoms. The first-order chi connectivity index (χ1) is 8.13. The molecule has 1 heterocycles. The number of aryl methyl sites for hydroxylation is 2. The van der Waals surface area contributed by atoms with Gasteiger partial charge in [-0.05, 0) is 37.3 Å². The van der Waals surface area contributed by atoms with Gasteiger partial charge in [0.05, 0.1) is 0 Å². The van der Waals surface area contributed by atoms with E-state index in [1.165, 1.54) is 49.8 Å². The summed E-state index contributed by atoms with van der Waals surface area (Å²) in [6, 6.07) is 2.27. The van der Waals surface area contributed by atoms with E-state index < -0.39 is 0 Å². The van der Waals surface area contributed by atoms with Crippen LogP contribution in [0.5, 0.6) is 0 Å². The van der Waals surface area contributed by atoms with E-state index in [2.05, 4.69) is 33.8 Å². The molecule has 0 N–H and O–H groups in total. The molecule has 0 spiro atoms. The highest BCUT2D eigenvalue weighted by Crippen LogP contribution is 2.20. The molecule has 1 aromatic heterocycles. The Morgan fingerprint density at radius 2 is 1.82 bits per heavy atom. The van der Waals surface area contributed by atoms with E-state index >= 15 is 0 Å². The van der Waals surface area contributed by atoms with Crippen molar-refractivity contribution in [1.29, 1.82) is 0 Å². The normalized spacial score (nSPS) is 11.4. The third-order valence-electron chi connectivity index (χ3n) is 3.23. The second kappa shape index (κ2) is 7.58. The van der Waals surface area contributed by atoms with E-state index in [1.54, 1.807) is 0 Å². The number of rotatable bonds is 8. The second-order valence-electron chi connectivity index (χ2n) is 5.56. The highest BCUT2D eigenvalue weighted by atomic mass is 16.3. The van der Waals surface area contributed by atoms with Crippen molar-refractivity contribution in [3.8, 4) is 0 Å². The summed E-state index contributed by atoms with van der Waals surface area (Å²) < 4.78 is 5.80. The minimum Gasteiger partial charge on any atom is -0.466 e. The maximum Gasteiger partial charge on any atom is 0.104 e. The van der Waals surface area contributed by atoms with Crippen LogP contribution in [0.3, 0.4) is 0 Å². The lowest BCUT2D eigenvalue weighted by Gasteiger charge is -1.99. The molecule has 0 radical (unpaired) electrons. The molecular formula is C16H28O. The van der Waals surface area contributed by atoms with Crippen LogP contribution in [0.25, 0.3) is 0 Å². The van der Waals surface area contributed by atoms with Gasteiger partial charge in [-0.2, -0.15) is 0 Å². The zero-order chi connectivity index (χ0) is 12.7. The van der Waals surface area contributed by atoms with Gasteiger partial charge in [0, 0.05) is 6.42 Å². The first-order valence-corrected chi connectivity index (χ1v) is 7.21. The smallest absolute Gasteiger partial charge is 0.104 e. The molecule has 1 aromatic rings. The Morgan fingerprint density at radius 3 is 2.47 bits per heavy atom. The van der Waals surface area contributed by atoms with Gasteiger partial charge in [-0.25, -0.2) is 0 Å². The van der Waals surface area contributed by atoms with Crippen LogP contribution in [0.2, 0.25) is 0 Å². The van der Waals surface area contributed by atoms with E-state index in [9.17, 15) is 0 Å². The molecule has 0 amide bonds. The Labute approximate surface area is 107 Å². The Balaban J connectivity index is 2.35. The van der Waals surface area contributed by atoms with Crippen molar-refractivity contribution in [2.75, 3.05) is 0 Å². The van der Waals surface area contributed by atoms with Gasteiger partial charge in [0.25, 0.3) is 0 Å². The second-order valence-corrected chi connectivity index (χ2v) is 5.56. The van der Waals surface area contributed by atoms with E-state index in [4.69, 9.17) is 4.42 Å². The van der Waals surface area contributed by atoms with E-state index in [1.807, 2.05) is 0 Å². The van der Waals surface area contributed by atoms with Gasteiger partial charge in [0.15, 0.2) is 0 Å². The van der Waals surface area contributed by atoms with Gasteiger partial charge in [-0.3, -0.25) is 0 Å². The van der Waals surface area contributed by atoms with Crippen molar-refractivity contribution in [3.63, 3.8) is 0 Å². The highest BCUT2D eigenvalue weighted by Gasteiger charge is 2.08. The molecule has 98 valence electrons. The number of unbranched alkanes of at least 4 members (excludes halogenated alkanes) is 4. The highest BCUT2D eigenvalue weighted by molar-refractivity contribution is 5.21. The zero-order valence-electron chi connectivity index (χ0n) is 12.0. The minimum absolute atomic E-state index is 0.679. The molecule has 17 heavy (non-hydrogen) atoms. The molecule has 0 aliphatic carbocycles. The van der Waals surface area contributed by atoms with Crippen molar-refractivity contribution >= 4 is 0 Å². The minimum atomic E-state index is 0.679. The average molecular weight is 236 g/mol. The monoisotopic (exact) mass is 236 g/mol. The third-order valence-corrected chi connectivity index (χ3v) is 3.23. The molecule has 0 saturated heterocycles. The summed E-state index contributed by atoms with van der Waals surface area (Å²) in [5, 5.41) is 0. The van der Waals surface area contributed by atoms with Crippen molar-refractivity contribution < 1.29 is 4.42 Å². The average Bonchev–Trinajstić information content (AvgIpc) is 2.58. The third kappa shape index (κ3) is 5.43. The molecule has 0 fully saturated rings. The first-order valence-electron chi connectivity index (χ1n) is 7.21. The largest absolute Gasteiger partial charge is 0.466 e. The van der Waals surface area contributed by atoms with Crippen LogP contribution in [0, 0.1) is 12.8 Å².